The number of aromatic nitrogens is 1. The summed E-state index contributed by atoms with van der Waals surface area (Å²) in [4.78, 5) is 11.6. The summed E-state index contributed by atoms with van der Waals surface area (Å²) in [5.74, 6) is 0.00557. The summed E-state index contributed by atoms with van der Waals surface area (Å²) >= 11 is 0. The number of hydrogen-bond acceptors (Lipinski definition) is 3. The van der Waals surface area contributed by atoms with Crippen molar-refractivity contribution in [3.8, 4) is 0 Å². The quantitative estimate of drug-likeness (QED) is 0.672. The van der Waals surface area contributed by atoms with E-state index in [1.165, 1.54) is 5.56 Å². The van der Waals surface area contributed by atoms with Gasteiger partial charge in [0.15, 0.2) is 0 Å². The van der Waals surface area contributed by atoms with Crippen LogP contribution in [0.1, 0.15) is 19.4 Å². The molecule has 0 unspecified atom stereocenters. The topological polar surface area (TPSA) is 55.3 Å². The van der Waals surface area contributed by atoms with Gasteiger partial charge >= 0.3 is 0 Å². The molecule has 5 nitrogen and oxygen atoms in total. The first kappa shape index (κ1) is 14.7. The summed E-state index contributed by atoms with van der Waals surface area (Å²) in [6.45, 7) is 6.50. The van der Waals surface area contributed by atoms with E-state index >= 15 is 0 Å². The summed E-state index contributed by atoms with van der Waals surface area (Å²) in [6.07, 6.45) is 3.92. The lowest BCUT2D eigenvalue weighted by Gasteiger charge is -2.06. The van der Waals surface area contributed by atoms with E-state index in [4.69, 9.17) is 4.74 Å². The molecule has 0 aliphatic carbocycles. The fraction of sp³-hybridized carbons (Fsp3) is 0.615. The Labute approximate surface area is 109 Å². The number of carbonyl (C=O) groups is 1. The molecule has 0 spiro atoms. The lowest BCUT2D eigenvalue weighted by Crippen LogP contribution is -2.30. The van der Waals surface area contributed by atoms with E-state index in [0.29, 0.717) is 25.7 Å². The highest BCUT2D eigenvalue weighted by atomic mass is 16.5. The highest BCUT2D eigenvalue weighted by Crippen LogP contribution is 2.01. The Bertz CT molecular complexity index is 361. The normalized spacial score (nSPS) is 10.9. The van der Waals surface area contributed by atoms with Crippen molar-refractivity contribution >= 4 is 5.91 Å². The van der Waals surface area contributed by atoms with Gasteiger partial charge in [-0.05, 0) is 11.6 Å². The number of carbonyl (C=O) groups excluding carboxylic acids is 1. The van der Waals surface area contributed by atoms with Crippen LogP contribution in [0, 0.1) is 0 Å². The number of nitrogens with one attached hydrogen (secondary N) is 2. The van der Waals surface area contributed by atoms with Crippen molar-refractivity contribution in [3.05, 3.63) is 24.0 Å². The van der Waals surface area contributed by atoms with Crippen LogP contribution in [0.25, 0.3) is 0 Å². The van der Waals surface area contributed by atoms with E-state index in [0.717, 1.165) is 6.54 Å². The summed E-state index contributed by atoms with van der Waals surface area (Å²) in [6, 6.07) is 2.49. The Morgan fingerprint density at radius 3 is 2.94 bits per heavy atom. The zero-order valence-electron chi connectivity index (χ0n) is 11.4. The number of methoxy groups -OCH3 is 1. The third-order valence-electron chi connectivity index (χ3n) is 2.48. The van der Waals surface area contributed by atoms with Gasteiger partial charge in [-0.3, -0.25) is 4.79 Å². The fourth-order valence-corrected chi connectivity index (χ4v) is 1.53. The average molecular weight is 253 g/mol. The maximum atomic E-state index is 11.6. The van der Waals surface area contributed by atoms with Crippen molar-refractivity contribution in [2.75, 3.05) is 20.3 Å². The molecule has 0 aliphatic rings. The van der Waals surface area contributed by atoms with Gasteiger partial charge in [-0.2, -0.15) is 0 Å². The predicted octanol–water partition coefficient (Wildman–Crippen LogP) is 0.749. The monoisotopic (exact) mass is 253 g/mol. The second kappa shape index (κ2) is 7.89. The van der Waals surface area contributed by atoms with Crippen LogP contribution in [0.4, 0.5) is 0 Å². The molecule has 0 aromatic carbocycles. The SMILES string of the molecule is COCCNC(=O)Cn1ccc(CNC(C)C)c1. The highest BCUT2D eigenvalue weighted by molar-refractivity contribution is 5.75. The standard InChI is InChI=1S/C13H23N3O2/c1-11(2)15-8-12-4-6-16(9-12)10-13(17)14-5-7-18-3/h4,6,9,11,15H,5,7-8,10H2,1-3H3,(H,14,17). The fourth-order valence-electron chi connectivity index (χ4n) is 1.53. The number of nitrogens with zero attached hydrogens (tertiary/aromatic N) is 1. The van der Waals surface area contributed by atoms with Gasteiger partial charge in [0, 0.05) is 38.6 Å². The molecule has 0 radical (unpaired) electrons. The summed E-state index contributed by atoms with van der Waals surface area (Å²) in [5.41, 5.74) is 1.19. The third-order valence-corrected chi connectivity index (χ3v) is 2.48. The Hall–Kier alpha value is -1.33. The maximum Gasteiger partial charge on any atom is 0.239 e. The van der Waals surface area contributed by atoms with E-state index in [1.54, 1.807) is 7.11 Å². The molecule has 18 heavy (non-hydrogen) atoms. The molecule has 0 bridgehead atoms. The number of amides is 1. The maximum absolute atomic E-state index is 11.6. The van der Waals surface area contributed by atoms with E-state index in [9.17, 15) is 4.79 Å². The van der Waals surface area contributed by atoms with E-state index < -0.39 is 0 Å². The average Bonchev–Trinajstić information content (AvgIpc) is 2.74. The van der Waals surface area contributed by atoms with Gasteiger partial charge in [0.05, 0.1) is 6.61 Å². The molecule has 0 aliphatic heterocycles. The molecule has 0 saturated heterocycles. The first-order valence-corrected chi connectivity index (χ1v) is 6.25. The van der Waals surface area contributed by atoms with Gasteiger partial charge < -0.3 is 19.9 Å². The first-order chi connectivity index (χ1) is 8.61. The lowest BCUT2D eigenvalue weighted by molar-refractivity contribution is -0.121. The molecular weight excluding hydrogens is 230 g/mol. The predicted molar refractivity (Wildman–Crippen MR) is 71.3 cm³/mol. The van der Waals surface area contributed by atoms with Crippen LogP contribution in [0.5, 0.6) is 0 Å². The Morgan fingerprint density at radius 2 is 2.28 bits per heavy atom. The molecule has 1 aromatic heterocycles. The Balaban J connectivity index is 2.32. The van der Waals surface area contributed by atoms with Gasteiger partial charge in [0.25, 0.3) is 0 Å². The van der Waals surface area contributed by atoms with E-state index in [2.05, 4.69) is 24.5 Å². The number of ether oxygens (including phenoxy) is 1. The Kier molecular flexibility index (Phi) is 6.46. The van der Waals surface area contributed by atoms with Crippen molar-refractivity contribution in [1.29, 1.82) is 0 Å². The zero-order valence-corrected chi connectivity index (χ0v) is 11.4. The molecule has 0 fully saturated rings. The number of hydrogen-bond donors (Lipinski definition) is 2. The second-order valence-corrected chi connectivity index (χ2v) is 4.57. The largest absolute Gasteiger partial charge is 0.383 e. The molecule has 102 valence electrons. The summed E-state index contributed by atoms with van der Waals surface area (Å²) in [7, 11) is 1.62. The molecular formula is C13H23N3O2. The molecule has 1 rings (SSSR count). The molecule has 2 N–H and O–H groups in total. The summed E-state index contributed by atoms with van der Waals surface area (Å²) < 4.78 is 6.76. The smallest absolute Gasteiger partial charge is 0.239 e. The van der Waals surface area contributed by atoms with Gasteiger partial charge in [0.1, 0.15) is 6.54 Å². The van der Waals surface area contributed by atoms with Crippen molar-refractivity contribution in [2.24, 2.45) is 0 Å². The third kappa shape index (κ3) is 5.84. The van der Waals surface area contributed by atoms with Crippen LogP contribution in [-0.2, 0) is 22.6 Å². The minimum Gasteiger partial charge on any atom is -0.383 e. The molecule has 0 atom stereocenters. The summed E-state index contributed by atoms with van der Waals surface area (Å²) in [5, 5.41) is 6.13. The van der Waals surface area contributed by atoms with Gasteiger partial charge in [-0.15, -0.1) is 0 Å². The first-order valence-electron chi connectivity index (χ1n) is 6.25. The van der Waals surface area contributed by atoms with Crippen molar-refractivity contribution in [2.45, 2.75) is 33.0 Å². The minimum absolute atomic E-state index is 0.00557. The lowest BCUT2D eigenvalue weighted by atomic mass is 10.3. The van der Waals surface area contributed by atoms with E-state index in [1.807, 2.05) is 23.0 Å². The van der Waals surface area contributed by atoms with Gasteiger partial charge in [-0.25, -0.2) is 0 Å². The molecule has 1 aromatic rings. The molecule has 1 heterocycles. The molecule has 5 heteroatoms. The van der Waals surface area contributed by atoms with Crippen LogP contribution in [0.15, 0.2) is 18.5 Å². The second-order valence-electron chi connectivity index (χ2n) is 4.57. The molecule has 1 amide bonds. The van der Waals surface area contributed by atoms with Crippen LogP contribution in [-0.4, -0.2) is 36.8 Å². The van der Waals surface area contributed by atoms with Crippen LogP contribution >= 0.6 is 0 Å². The van der Waals surface area contributed by atoms with Crippen LogP contribution in [0.3, 0.4) is 0 Å². The zero-order chi connectivity index (χ0) is 13.4. The van der Waals surface area contributed by atoms with E-state index in [-0.39, 0.29) is 5.91 Å². The van der Waals surface area contributed by atoms with Crippen LogP contribution < -0.4 is 10.6 Å². The van der Waals surface area contributed by atoms with Gasteiger partial charge in [0.2, 0.25) is 5.91 Å². The Morgan fingerprint density at radius 1 is 1.50 bits per heavy atom. The van der Waals surface area contributed by atoms with Crippen molar-refractivity contribution in [3.63, 3.8) is 0 Å². The minimum atomic E-state index is 0.00557. The molecule has 0 saturated carbocycles. The van der Waals surface area contributed by atoms with Crippen molar-refractivity contribution in [1.82, 2.24) is 15.2 Å². The number of rotatable bonds is 8. The van der Waals surface area contributed by atoms with Crippen LogP contribution in [0.2, 0.25) is 0 Å². The highest BCUT2D eigenvalue weighted by Gasteiger charge is 2.03. The van der Waals surface area contributed by atoms with Gasteiger partial charge in [-0.1, -0.05) is 13.8 Å². The van der Waals surface area contributed by atoms with Crippen molar-refractivity contribution < 1.29 is 9.53 Å².